The summed E-state index contributed by atoms with van der Waals surface area (Å²) in [6, 6.07) is 16.1. The number of nitrogens with one attached hydrogen (secondary N) is 2. The van der Waals surface area contributed by atoms with Crippen LogP contribution in [0.4, 0.5) is 5.69 Å². The van der Waals surface area contributed by atoms with Crippen molar-refractivity contribution in [1.29, 1.82) is 0 Å². The molecule has 1 aromatic heterocycles. The van der Waals surface area contributed by atoms with Crippen LogP contribution in [-0.2, 0) is 0 Å². The van der Waals surface area contributed by atoms with Gasteiger partial charge in [-0.2, -0.15) is 0 Å². The van der Waals surface area contributed by atoms with E-state index in [1.54, 1.807) is 37.4 Å². The molecule has 0 spiro atoms. The van der Waals surface area contributed by atoms with Gasteiger partial charge in [0.1, 0.15) is 5.75 Å². The monoisotopic (exact) mass is 394 g/mol. The number of carbonyl (C=O) groups is 2. The highest BCUT2D eigenvalue weighted by molar-refractivity contribution is 7.12. The van der Waals surface area contributed by atoms with Gasteiger partial charge < -0.3 is 15.4 Å². The quantitative estimate of drug-likeness (QED) is 0.631. The highest BCUT2D eigenvalue weighted by Crippen LogP contribution is 2.26. The van der Waals surface area contributed by atoms with E-state index in [9.17, 15) is 9.59 Å². The van der Waals surface area contributed by atoms with Crippen LogP contribution in [0.15, 0.2) is 60.0 Å². The number of aryl methyl sites for hydroxylation is 1. The predicted octanol–water partition coefficient (Wildman–Crippen LogP) is 4.81. The first-order valence-corrected chi connectivity index (χ1v) is 9.76. The summed E-state index contributed by atoms with van der Waals surface area (Å²) in [5, 5.41) is 7.67. The largest absolute Gasteiger partial charge is 0.496 e. The van der Waals surface area contributed by atoms with E-state index < -0.39 is 0 Å². The zero-order valence-corrected chi connectivity index (χ0v) is 16.8. The van der Waals surface area contributed by atoms with Crippen LogP contribution in [0.25, 0.3) is 0 Å². The molecule has 0 aliphatic heterocycles. The fraction of sp³-hybridized carbons (Fsp3) is 0.182. The van der Waals surface area contributed by atoms with Crippen LogP contribution in [0.1, 0.15) is 44.1 Å². The molecule has 3 rings (SSSR count). The summed E-state index contributed by atoms with van der Waals surface area (Å²) in [4.78, 5) is 25.3. The van der Waals surface area contributed by atoms with Crippen molar-refractivity contribution in [2.45, 2.75) is 19.9 Å². The van der Waals surface area contributed by atoms with Crippen molar-refractivity contribution in [2.24, 2.45) is 0 Å². The highest BCUT2D eigenvalue weighted by atomic mass is 32.1. The number of amides is 2. The van der Waals surface area contributed by atoms with E-state index in [-0.39, 0.29) is 17.9 Å². The van der Waals surface area contributed by atoms with E-state index in [1.165, 1.54) is 11.3 Å². The second kappa shape index (κ2) is 8.71. The summed E-state index contributed by atoms with van der Waals surface area (Å²) in [5.41, 5.74) is 3.19. The molecule has 28 heavy (non-hydrogen) atoms. The third kappa shape index (κ3) is 4.58. The molecule has 2 N–H and O–H groups in total. The Labute approximate surface area is 168 Å². The smallest absolute Gasteiger partial charge is 0.265 e. The normalized spacial score (nSPS) is 11.5. The SMILES string of the molecule is COc1ccc(C)cc1[C@@H](C)NC(=O)c1ccc(NC(=O)c2cccs2)cc1. The average molecular weight is 394 g/mol. The summed E-state index contributed by atoms with van der Waals surface area (Å²) in [6.07, 6.45) is 0. The zero-order chi connectivity index (χ0) is 20.1. The van der Waals surface area contributed by atoms with Gasteiger partial charge in [0.15, 0.2) is 0 Å². The Kier molecular flexibility index (Phi) is 6.11. The Balaban J connectivity index is 1.66. The third-order valence-electron chi connectivity index (χ3n) is 4.35. The number of hydrogen-bond acceptors (Lipinski definition) is 4. The maximum absolute atomic E-state index is 12.6. The van der Waals surface area contributed by atoms with Crippen molar-refractivity contribution in [1.82, 2.24) is 5.32 Å². The summed E-state index contributed by atoms with van der Waals surface area (Å²) < 4.78 is 5.40. The van der Waals surface area contributed by atoms with E-state index in [1.807, 2.05) is 43.5 Å². The Bertz CT molecular complexity index is 966. The molecule has 1 atom stereocenters. The topological polar surface area (TPSA) is 67.4 Å². The van der Waals surface area contributed by atoms with Crippen molar-refractivity contribution in [3.8, 4) is 5.75 Å². The molecule has 0 radical (unpaired) electrons. The van der Waals surface area contributed by atoms with Gasteiger partial charge in [0, 0.05) is 16.8 Å². The lowest BCUT2D eigenvalue weighted by Crippen LogP contribution is -2.27. The van der Waals surface area contributed by atoms with Crippen LogP contribution < -0.4 is 15.4 Å². The van der Waals surface area contributed by atoms with Crippen LogP contribution >= 0.6 is 11.3 Å². The predicted molar refractivity (Wildman–Crippen MR) is 112 cm³/mol. The first-order chi connectivity index (χ1) is 13.5. The molecule has 6 heteroatoms. The number of hydrogen-bond donors (Lipinski definition) is 2. The van der Waals surface area contributed by atoms with E-state index in [2.05, 4.69) is 10.6 Å². The zero-order valence-electron chi connectivity index (χ0n) is 16.0. The minimum atomic E-state index is -0.208. The van der Waals surface area contributed by atoms with E-state index in [0.717, 1.165) is 16.9 Å². The van der Waals surface area contributed by atoms with Crippen molar-refractivity contribution in [2.75, 3.05) is 12.4 Å². The summed E-state index contributed by atoms with van der Waals surface area (Å²) in [6.45, 7) is 3.92. The molecule has 2 aromatic carbocycles. The Hall–Kier alpha value is -3.12. The number of thiophene rings is 1. The van der Waals surface area contributed by atoms with Crippen LogP contribution in [-0.4, -0.2) is 18.9 Å². The van der Waals surface area contributed by atoms with Crippen molar-refractivity contribution < 1.29 is 14.3 Å². The Morgan fingerprint density at radius 3 is 2.43 bits per heavy atom. The highest BCUT2D eigenvalue weighted by Gasteiger charge is 2.16. The first kappa shape index (κ1) is 19.6. The van der Waals surface area contributed by atoms with Gasteiger partial charge in [0.05, 0.1) is 18.0 Å². The molecule has 0 bridgehead atoms. The van der Waals surface area contributed by atoms with Gasteiger partial charge in [-0.3, -0.25) is 9.59 Å². The van der Waals surface area contributed by atoms with E-state index in [4.69, 9.17) is 4.74 Å². The lowest BCUT2D eigenvalue weighted by atomic mass is 10.0. The van der Waals surface area contributed by atoms with Gasteiger partial charge in [0.25, 0.3) is 11.8 Å². The number of benzene rings is 2. The van der Waals surface area contributed by atoms with Gasteiger partial charge in [-0.05, 0) is 55.6 Å². The maximum atomic E-state index is 12.6. The van der Waals surface area contributed by atoms with Crippen molar-refractivity contribution >= 4 is 28.8 Å². The number of anilines is 1. The lowest BCUT2D eigenvalue weighted by Gasteiger charge is -2.18. The molecule has 5 nitrogen and oxygen atoms in total. The third-order valence-corrected chi connectivity index (χ3v) is 5.22. The van der Waals surface area contributed by atoms with Crippen LogP contribution in [0.3, 0.4) is 0 Å². The molecule has 0 aliphatic carbocycles. The van der Waals surface area contributed by atoms with Gasteiger partial charge in [-0.1, -0.05) is 23.8 Å². The molecule has 1 heterocycles. The fourth-order valence-corrected chi connectivity index (χ4v) is 3.47. The molecule has 0 unspecified atom stereocenters. The molecule has 2 amide bonds. The molecule has 0 saturated carbocycles. The molecular weight excluding hydrogens is 372 g/mol. The standard InChI is InChI=1S/C22H22N2O3S/c1-14-6-11-19(27-3)18(13-14)15(2)23-21(25)16-7-9-17(10-8-16)24-22(26)20-5-4-12-28-20/h4-13,15H,1-3H3,(H,23,25)(H,24,26)/t15-/m1/s1. The number of ether oxygens (including phenoxy) is 1. The lowest BCUT2D eigenvalue weighted by molar-refractivity contribution is 0.0939. The Morgan fingerprint density at radius 1 is 1.04 bits per heavy atom. The number of carbonyl (C=O) groups excluding carboxylic acids is 2. The van der Waals surface area contributed by atoms with Gasteiger partial charge in [-0.15, -0.1) is 11.3 Å². The molecule has 3 aromatic rings. The molecule has 0 saturated heterocycles. The van der Waals surface area contributed by atoms with Crippen molar-refractivity contribution in [3.05, 3.63) is 81.5 Å². The first-order valence-electron chi connectivity index (χ1n) is 8.88. The van der Waals surface area contributed by atoms with Gasteiger partial charge >= 0.3 is 0 Å². The average Bonchev–Trinajstić information content (AvgIpc) is 3.23. The molecule has 0 aliphatic rings. The van der Waals surface area contributed by atoms with Crippen LogP contribution in [0.5, 0.6) is 5.75 Å². The van der Waals surface area contributed by atoms with Gasteiger partial charge in [-0.25, -0.2) is 0 Å². The van der Waals surface area contributed by atoms with E-state index >= 15 is 0 Å². The fourth-order valence-electron chi connectivity index (χ4n) is 2.86. The Morgan fingerprint density at radius 2 is 1.79 bits per heavy atom. The van der Waals surface area contributed by atoms with Crippen LogP contribution in [0, 0.1) is 6.92 Å². The summed E-state index contributed by atoms with van der Waals surface area (Å²) in [5.74, 6) is 0.393. The van der Waals surface area contributed by atoms with E-state index in [0.29, 0.717) is 16.1 Å². The number of methoxy groups -OCH3 is 1. The maximum Gasteiger partial charge on any atom is 0.265 e. The minimum absolute atomic E-state index is 0.160. The van der Waals surface area contributed by atoms with Gasteiger partial charge in [0.2, 0.25) is 0 Å². The second-order valence-electron chi connectivity index (χ2n) is 6.45. The molecule has 144 valence electrons. The molecular formula is C22H22N2O3S. The van der Waals surface area contributed by atoms with Crippen LogP contribution in [0.2, 0.25) is 0 Å². The second-order valence-corrected chi connectivity index (χ2v) is 7.40. The van der Waals surface area contributed by atoms with Crippen molar-refractivity contribution in [3.63, 3.8) is 0 Å². The molecule has 0 fully saturated rings. The number of rotatable bonds is 6. The minimum Gasteiger partial charge on any atom is -0.496 e. The summed E-state index contributed by atoms with van der Waals surface area (Å²) >= 11 is 1.38. The summed E-state index contributed by atoms with van der Waals surface area (Å²) in [7, 11) is 1.62.